The lowest BCUT2D eigenvalue weighted by atomic mass is 10.0. The highest BCUT2D eigenvalue weighted by molar-refractivity contribution is 6.03. The molecular formula is C13H14FNO4. The third kappa shape index (κ3) is 2.58. The lowest BCUT2D eigenvalue weighted by Gasteiger charge is -2.22. The van der Waals surface area contributed by atoms with Gasteiger partial charge in [-0.1, -0.05) is 6.07 Å². The highest BCUT2D eigenvalue weighted by Crippen LogP contribution is 2.28. The van der Waals surface area contributed by atoms with Crippen molar-refractivity contribution in [3.63, 3.8) is 0 Å². The Balaban J connectivity index is 2.26. The average molecular weight is 267 g/mol. The molecule has 1 fully saturated rings. The Hall–Kier alpha value is -1.95. The standard InChI is InChI=1S/C13H14FNO4/c1-13(6-3-7-19-13)12(18)15-9-5-2-4-8(14)10(9)11(16)17/h2,4-5H,3,6-7H2,1H3,(H,15,18)(H,16,17). The van der Waals surface area contributed by atoms with Gasteiger partial charge in [-0.15, -0.1) is 0 Å². The summed E-state index contributed by atoms with van der Waals surface area (Å²) in [7, 11) is 0. The summed E-state index contributed by atoms with van der Waals surface area (Å²) < 4.78 is 18.8. The van der Waals surface area contributed by atoms with Crippen LogP contribution in [0.4, 0.5) is 10.1 Å². The van der Waals surface area contributed by atoms with Gasteiger partial charge in [0.2, 0.25) is 0 Å². The fourth-order valence-electron chi connectivity index (χ4n) is 2.06. The van der Waals surface area contributed by atoms with Crippen molar-refractivity contribution in [2.75, 3.05) is 11.9 Å². The predicted molar refractivity (Wildman–Crippen MR) is 65.6 cm³/mol. The monoisotopic (exact) mass is 267 g/mol. The second-order valence-electron chi connectivity index (χ2n) is 4.60. The van der Waals surface area contributed by atoms with Crippen LogP contribution in [0.1, 0.15) is 30.1 Å². The topological polar surface area (TPSA) is 75.6 Å². The maximum atomic E-state index is 13.5. The molecule has 1 aromatic carbocycles. The summed E-state index contributed by atoms with van der Waals surface area (Å²) >= 11 is 0. The Kier molecular flexibility index (Phi) is 3.53. The second-order valence-corrected chi connectivity index (χ2v) is 4.60. The summed E-state index contributed by atoms with van der Waals surface area (Å²) in [4.78, 5) is 23.1. The van der Waals surface area contributed by atoms with Gasteiger partial charge in [-0.25, -0.2) is 9.18 Å². The zero-order valence-electron chi connectivity index (χ0n) is 10.4. The van der Waals surface area contributed by atoms with E-state index in [1.807, 2.05) is 0 Å². The molecule has 1 amide bonds. The number of hydrogen-bond acceptors (Lipinski definition) is 3. The molecule has 2 rings (SSSR count). The molecular weight excluding hydrogens is 253 g/mol. The number of carbonyl (C=O) groups excluding carboxylic acids is 1. The van der Waals surface area contributed by atoms with Gasteiger partial charge in [-0.3, -0.25) is 4.79 Å². The molecule has 0 saturated carbocycles. The van der Waals surface area contributed by atoms with Crippen LogP contribution >= 0.6 is 0 Å². The molecule has 0 bridgehead atoms. The number of carboxylic acid groups (broad SMARTS) is 1. The van der Waals surface area contributed by atoms with E-state index in [1.54, 1.807) is 6.92 Å². The van der Waals surface area contributed by atoms with Crippen molar-refractivity contribution in [3.8, 4) is 0 Å². The molecule has 1 unspecified atom stereocenters. The van der Waals surface area contributed by atoms with Crippen LogP contribution in [0, 0.1) is 5.82 Å². The van der Waals surface area contributed by atoms with Crippen LogP contribution in [0.15, 0.2) is 18.2 Å². The number of halogens is 1. The molecule has 6 heteroatoms. The number of nitrogens with one attached hydrogen (secondary N) is 1. The number of aromatic carboxylic acids is 1. The molecule has 1 atom stereocenters. The summed E-state index contributed by atoms with van der Waals surface area (Å²) in [6.45, 7) is 2.12. The number of hydrogen-bond donors (Lipinski definition) is 2. The van der Waals surface area contributed by atoms with Gasteiger partial charge in [-0.05, 0) is 31.9 Å². The van der Waals surface area contributed by atoms with Gasteiger partial charge in [0.15, 0.2) is 0 Å². The molecule has 0 radical (unpaired) electrons. The first kappa shape index (κ1) is 13.5. The number of carboxylic acids is 1. The number of rotatable bonds is 3. The molecule has 1 heterocycles. The Bertz CT molecular complexity index is 523. The summed E-state index contributed by atoms with van der Waals surface area (Å²) in [5.41, 5.74) is -1.59. The Morgan fingerprint density at radius 3 is 2.79 bits per heavy atom. The van der Waals surface area contributed by atoms with Crippen molar-refractivity contribution < 1.29 is 23.8 Å². The first-order valence-electron chi connectivity index (χ1n) is 5.91. The van der Waals surface area contributed by atoms with Crippen molar-refractivity contribution in [1.82, 2.24) is 0 Å². The van der Waals surface area contributed by atoms with E-state index in [9.17, 15) is 14.0 Å². The molecule has 1 saturated heterocycles. The van der Waals surface area contributed by atoms with E-state index in [2.05, 4.69) is 5.32 Å². The van der Waals surface area contributed by atoms with Gasteiger partial charge in [0.05, 0.1) is 5.69 Å². The molecule has 0 aromatic heterocycles. The van der Waals surface area contributed by atoms with Gasteiger partial charge in [0.25, 0.3) is 5.91 Å². The maximum Gasteiger partial charge on any atom is 0.340 e. The third-order valence-corrected chi connectivity index (χ3v) is 3.17. The lowest BCUT2D eigenvalue weighted by molar-refractivity contribution is -0.133. The van der Waals surface area contributed by atoms with Gasteiger partial charge in [0.1, 0.15) is 17.0 Å². The summed E-state index contributed by atoms with van der Waals surface area (Å²) in [5, 5.41) is 11.4. The lowest BCUT2D eigenvalue weighted by Crippen LogP contribution is -2.39. The van der Waals surface area contributed by atoms with E-state index in [1.165, 1.54) is 12.1 Å². The predicted octanol–water partition coefficient (Wildman–Crippen LogP) is 2.03. The molecule has 0 aliphatic carbocycles. The van der Waals surface area contributed by atoms with E-state index >= 15 is 0 Å². The van der Waals surface area contributed by atoms with Crippen LogP contribution in [-0.4, -0.2) is 29.2 Å². The number of anilines is 1. The Morgan fingerprint density at radius 2 is 2.21 bits per heavy atom. The van der Waals surface area contributed by atoms with Crippen LogP contribution < -0.4 is 5.32 Å². The van der Waals surface area contributed by atoms with Crippen molar-refractivity contribution in [3.05, 3.63) is 29.6 Å². The number of benzene rings is 1. The number of carbonyl (C=O) groups is 2. The minimum atomic E-state index is -1.43. The van der Waals surface area contributed by atoms with Crippen LogP contribution in [-0.2, 0) is 9.53 Å². The summed E-state index contributed by atoms with van der Waals surface area (Å²) in [6.07, 6.45) is 1.31. The SMILES string of the molecule is CC1(C(=O)Nc2cccc(F)c2C(=O)O)CCCO1. The van der Waals surface area contributed by atoms with Crippen LogP contribution in [0.25, 0.3) is 0 Å². The number of amides is 1. The van der Waals surface area contributed by atoms with E-state index in [-0.39, 0.29) is 5.69 Å². The molecule has 1 aliphatic heterocycles. The molecule has 19 heavy (non-hydrogen) atoms. The summed E-state index contributed by atoms with van der Waals surface area (Å²) in [6, 6.07) is 3.73. The highest BCUT2D eigenvalue weighted by Gasteiger charge is 2.38. The normalized spacial score (nSPS) is 22.2. The average Bonchev–Trinajstić information content (AvgIpc) is 2.77. The van der Waals surface area contributed by atoms with Crippen molar-refractivity contribution in [2.45, 2.75) is 25.4 Å². The van der Waals surface area contributed by atoms with Gasteiger partial charge >= 0.3 is 5.97 Å². The van der Waals surface area contributed by atoms with Crippen molar-refractivity contribution in [2.24, 2.45) is 0 Å². The fourth-order valence-corrected chi connectivity index (χ4v) is 2.06. The largest absolute Gasteiger partial charge is 0.478 e. The molecule has 1 aromatic rings. The molecule has 5 nitrogen and oxygen atoms in total. The van der Waals surface area contributed by atoms with E-state index in [4.69, 9.17) is 9.84 Å². The first-order chi connectivity index (χ1) is 8.94. The van der Waals surface area contributed by atoms with E-state index in [0.717, 1.165) is 12.5 Å². The quantitative estimate of drug-likeness (QED) is 0.878. The maximum absolute atomic E-state index is 13.5. The van der Waals surface area contributed by atoms with Crippen LogP contribution in [0.2, 0.25) is 0 Å². The highest BCUT2D eigenvalue weighted by atomic mass is 19.1. The molecule has 1 aliphatic rings. The molecule has 0 spiro atoms. The zero-order chi connectivity index (χ0) is 14.0. The minimum Gasteiger partial charge on any atom is -0.478 e. The van der Waals surface area contributed by atoms with Gasteiger partial charge < -0.3 is 15.2 Å². The van der Waals surface area contributed by atoms with Gasteiger partial charge in [0, 0.05) is 6.61 Å². The minimum absolute atomic E-state index is 0.0609. The second kappa shape index (κ2) is 4.97. The third-order valence-electron chi connectivity index (χ3n) is 3.17. The fraction of sp³-hybridized carbons (Fsp3) is 0.385. The van der Waals surface area contributed by atoms with Crippen LogP contribution in [0.5, 0.6) is 0 Å². The van der Waals surface area contributed by atoms with Crippen LogP contribution in [0.3, 0.4) is 0 Å². The van der Waals surface area contributed by atoms with E-state index in [0.29, 0.717) is 13.0 Å². The summed E-state index contributed by atoms with van der Waals surface area (Å²) in [5.74, 6) is -2.77. The Labute approximate surface area is 109 Å². The smallest absolute Gasteiger partial charge is 0.340 e. The van der Waals surface area contributed by atoms with Gasteiger partial charge in [-0.2, -0.15) is 0 Å². The number of ether oxygens (including phenoxy) is 1. The van der Waals surface area contributed by atoms with Crippen molar-refractivity contribution >= 4 is 17.6 Å². The van der Waals surface area contributed by atoms with E-state index < -0.39 is 28.9 Å². The molecule has 102 valence electrons. The van der Waals surface area contributed by atoms with Crippen molar-refractivity contribution in [1.29, 1.82) is 0 Å². The zero-order valence-corrected chi connectivity index (χ0v) is 10.4. The Morgan fingerprint density at radius 1 is 1.47 bits per heavy atom. The molecule has 2 N–H and O–H groups in total. The first-order valence-corrected chi connectivity index (χ1v) is 5.91.